The van der Waals surface area contributed by atoms with Crippen LogP contribution in [0, 0.1) is 0 Å². The molecule has 0 aliphatic carbocycles. The number of anilines is 1. The molecule has 1 fully saturated rings. The van der Waals surface area contributed by atoms with Gasteiger partial charge in [0.25, 0.3) is 5.88 Å². The highest BCUT2D eigenvalue weighted by Gasteiger charge is 2.37. The van der Waals surface area contributed by atoms with E-state index in [-0.39, 0.29) is 40.3 Å². The maximum atomic E-state index is 12.2. The molecule has 134 valence electrons. The summed E-state index contributed by atoms with van der Waals surface area (Å²) in [4.78, 5) is 11.4. The maximum Gasteiger partial charge on any atom is 0.308 e. The predicted octanol–water partition coefficient (Wildman–Crippen LogP) is 3.42. The summed E-state index contributed by atoms with van der Waals surface area (Å²) in [6.07, 6.45) is 0.389. The first-order chi connectivity index (χ1) is 11.7. The van der Waals surface area contributed by atoms with Crippen molar-refractivity contribution in [3.8, 4) is 22.8 Å². The van der Waals surface area contributed by atoms with Crippen LogP contribution in [0.5, 0.6) is 11.5 Å². The molecular weight excluding hydrogens is 393 g/mol. The first-order valence-electron chi connectivity index (χ1n) is 7.20. The van der Waals surface area contributed by atoms with E-state index in [1.807, 2.05) is 0 Å². The lowest BCUT2D eigenvalue weighted by atomic mass is 10.1. The maximum absolute atomic E-state index is 12.2. The Morgan fingerprint density at radius 3 is 2.64 bits per heavy atom. The van der Waals surface area contributed by atoms with Crippen LogP contribution in [0.2, 0.25) is 10.0 Å². The number of halogens is 2. The molecule has 25 heavy (non-hydrogen) atoms. The molecule has 0 spiro atoms. The van der Waals surface area contributed by atoms with Crippen molar-refractivity contribution >= 4 is 45.1 Å². The van der Waals surface area contributed by atoms with Crippen molar-refractivity contribution in [1.29, 1.82) is 0 Å². The Balaban J connectivity index is 2.20. The Labute approximate surface area is 153 Å². The standard InChI is InChI=1S/C15H13Cl2NO6S/c1-8(19)23-14-12(20)13(10-4-3-9(16)7-11(10)17)24-15(14)18-5-2-6-25(18,21)22/h3-4,7,20H,2,5-6H2,1H3. The van der Waals surface area contributed by atoms with Crippen molar-refractivity contribution in [3.05, 3.63) is 28.2 Å². The molecule has 3 rings (SSSR count). The smallest absolute Gasteiger partial charge is 0.308 e. The molecule has 7 nitrogen and oxygen atoms in total. The highest BCUT2D eigenvalue weighted by Crippen LogP contribution is 2.50. The fourth-order valence-corrected chi connectivity index (χ4v) is 4.51. The lowest BCUT2D eigenvalue weighted by molar-refractivity contribution is -0.132. The van der Waals surface area contributed by atoms with Crippen molar-refractivity contribution in [2.24, 2.45) is 0 Å². The van der Waals surface area contributed by atoms with Crippen LogP contribution in [0.25, 0.3) is 11.3 Å². The Hall–Kier alpha value is -1.90. The van der Waals surface area contributed by atoms with Crippen molar-refractivity contribution < 1.29 is 27.5 Å². The number of ether oxygens (including phenoxy) is 1. The summed E-state index contributed by atoms with van der Waals surface area (Å²) in [7, 11) is -3.62. The number of sulfonamides is 1. The zero-order valence-corrected chi connectivity index (χ0v) is 15.3. The van der Waals surface area contributed by atoms with Crippen LogP contribution in [-0.2, 0) is 14.8 Å². The third kappa shape index (κ3) is 3.29. The van der Waals surface area contributed by atoms with Crippen LogP contribution >= 0.6 is 23.2 Å². The molecule has 2 aromatic rings. The van der Waals surface area contributed by atoms with Crippen LogP contribution in [0.1, 0.15) is 13.3 Å². The number of esters is 1. The molecule has 1 saturated heterocycles. The van der Waals surface area contributed by atoms with Gasteiger partial charge < -0.3 is 14.3 Å². The first-order valence-corrected chi connectivity index (χ1v) is 9.57. The van der Waals surface area contributed by atoms with E-state index in [4.69, 9.17) is 32.4 Å². The van der Waals surface area contributed by atoms with Gasteiger partial charge in [-0.25, -0.2) is 12.7 Å². The molecule has 1 N–H and O–H groups in total. The van der Waals surface area contributed by atoms with E-state index in [1.165, 1.54) is 18.2 Å². The first kappa shape index (κ1) is 17.9. The Bertz CT molecular complexity index is 953. The highest BCUT2D eigenvalue weighted by atomic mass is 35.5. The van der Waals surface area contributed by atoms with Crippen LogP contribution < -0.4 is 9.04 Å². The number of hydrogen-bond acceptors (Lipinski definition) is 6. The number of hydrogen-bond donors (Lipinski definition) is 1. The van der Waals surface area contributed by atoms with E-state index in [0.29, 0.717) is 11.4 Å². The number of nitrogens with zero attached hydrogens (tertiary/aromatic N) is 1. The fraction of sp³-hybridized carbons (Fsp3) is 0.267. The van der Waals surface area contributed by atoms with Gasteiger partial charge in [-0.2, -0.15) is 0 Å². The van der Waals surface area contributed by atoms with E-state index >= 15 is 0 Å². The van der Waals surface area contributed by atoms with E-state index in [1.54, 1.807) is 0 Å². The molecule has 0 saturated carbocycles. The topological polar surface area (TPSA) is 97.0 Å². The minimum absolute atomic E-state index is 0.0645. The Kier molecular flexibility index (Phi) is 4.61. The average molecular weight is 406 g/mol. The van der Waals surface area contributed by atoms with Gasteiger partial charge in [0, 0.05) is 24.1 Å². The number of aromatic hydroxyl groups is 1. The molecule has 0 bridgehead atoms. The molecule has 0 radical (unpaired) electrons. The number of furan rings is 1. The number of rotatable bonds is 3. The van der Waals surface area contributed by atoms with Gasteiger partial charge in [-0.3, -0.25) is 4.79 Å². The predicted molar refractivity (Wildman–Crippen MR) is 92.9 cm³/mol. The molecule has 0 unspecified atom stereocenters. The van der Waals surface area contributed by atoms with Gasteiger partial charge in [0.15, 0.2) is 5.76 Å². The summed E-state index contributed by atoms with van der Waals surface area (Å²) in [6.45, 7) is 1.28. The average Bonchev–Trinajstić information content (AvgIpc) is 3.00. The normalized spacial score (nSPS) is 16.2. The van der Waals surface area contributed by atoms with Gasteiger partial charge >= 0.3 is 5.97 Å². The second-order valence-electron chi connectivity index (χ2n) is 5.37. The van der Waals surface area contributed by atoms with E-state index in [2.05, 4.69) is 0 Å². The Morgan fingerprint density at radius 1 is 1.36 bits per heavy atom. The van der Waals surface area contributed by atoms with Crippen molar-refractivity contribution in [3.63, 3.8) is 0 Å². The molecule has 10 heteroatoms. The van der Waals surface area contributed by atoms with E-state index < -0.39 is 21.7 Å². The largest absolute Gasteiger partial charge is 0.502 e. The summed E-state index contributed by atoms with van der Waals surface area (Å²) in [6, 6.07) is 4.48. The molecular formula is C15H13Cl2NO6S. The third-order valence-corrected chi connectivity index (χ3v) is 5.94. The summed E-state index contributed by atoms with van der Waals surface area (Å²) >= 11 is 12.0. The molecule has 1 aliphatic rings. The number of carbonyl (C=O) groups is 1. The monoisotopic (exact) mass is 405 g/mol. The zero-order chi connectivity index (χ0) is 18.4. The molecule has 1 aromatic heterocycles. The third-order valence-electron chi connectivity index (χ3n) is 3.57. The fourth-order valence-electron chi connectivity index (χ4n) is 2.52. The van der Waals surface area contributed by atoms with Gasteiger partial charge in [-0.15, -0.1) is 0 Å². The summed E-state index contributed by atoms with van der Waals surface area (Å²) in [5.41, 5.74) is 0.278. The second-order valence-corrected chi connectivity index (χ2v) is 8.23. The Morgan fingerprint density at radius 2 is 2.08 bits per heavy atom. The minimum Gasteiger partial charge on any atom is -0.502 e. The number of carbonyl (C=O) groups excluding carboxylic acids is 1. The summed E-state index contributed by atoms with van der Waals surface area (Å²) in [5.74, 6) is -2.05. The van der Waals surface area contributed by atoms with Crippen molar-refractivity contribution in [2.45, 2.75) is 13.3 Å². The lowest BCUT2D eigenvalue weighted by Crippen LogP contribution is -2.25. The molecule has 1 aliphatic heterocycles. The van der Waals surface area contributed by atoms with Crippen molar-refractivity contribution in [2.75, 3.05) is 16.6 Å². The van der Waals surface area contributed by atoms with Gasteiger partial charge in [0.1, 0.15) is 0 Å². The lowest BCUT2D eigenvalue weighted by Gasteiger charge is -2.14. The van der Waals surface area contributed by atoms with E-state index in [0.717, 1.165) is 11.2 Å². The van der Waals surface area contributed by atoms with Gasteiger partial charge in [0.05, 0.1) is 10.8 Å². The van der Waals surface area contributed by atoms with Crippen molar-refractivity contribution in [1.82, 2.24) is 0 Å². The van der Waals surface area contributed by atoms with Crippen LogP contribution in [0.15, 0.2) is 22.6 Å². The summed E-state index contributed by atoms with van der Waals surface area (Å²) in [5, 5.41) is 11.0. The quantitative estimate of drug-likeness (QED) is 0.785. The minimum atomic E-state index is -3.62. The SMILES string of the molecule is CC(=O)Oc1c(N2CCCS2(=O)=O)oc(-c2ccc(Cl)cc2Cl)c1O. The molecule has 0 amide bonds. The zero-order valence-electron chi connectivity index (χ0n) is 13.0. The second kappa shape index (κ2) is 6.44. The number of benzene rings is 1. The molecule has 1 aromatic carbocycles. The van der Waals surface area contributed by atoms with Gasteiger partial charge in [-0.1, -0.05) is 23.2 Å². The molecule has 0 atom stereocenters. The van der Waals surface area contributed by atoms with Gasteiger partial charge in [-0.05, 0) is 24.6 Å². The van der Waals surface area contributed by atoms with Crippen LogP contribution in [0.4, 0.5) is 5.88 Å². The highest BCUT2D eigenvalue weighted by molar-refractivity contribution is 7.93. The van der Waals surface area contributed by atoms with E-state index in [9.17, 15) is 18.3 Å². The van der Waals surface area contributed by atoms with Gasteiger partial charge in [0.2, 0.25) is 21.5 Å². The van der Waals surface area contributed by atoms with Crippen LogP contribution in [0.3, 0.4) is 0 Å². The summed E-state index contributed by atoms with van der Waals surface area (Å²) < 4.78 is 35.9. The van der Waals surface area contributed by atoms with Crippen LogP contribution in [-0.4, -0.2) is 31.8 Å². The molecule has 2 heterocycles.